The number of rotatable bonds is 11. The Morgan fingerprint density at radius 2 is 1.91 bits per heavy atom. The maximum atomic E-state index is 12.4. The number of carbonyl (C=O) groups excluding carboxylic acids is 1. The molecular formula is C23H32N6O2S. The molecule has 0 aliphatic rings. The van der Waals surface area contributed by atoms with Crippen molar-refractivity contribution in [3.63, 3.8) is 0 Å². The van der Waals surface area contributed by atoms with E-state index in [1.807, 2.05) is 35.9 Å². The quantitative estimate of drug-likeness (QED) is 0.334. The number of anilines is 1. The van der Waals surface area contributed by atoms with Crippen molar-refractivity contribution in [1.29, 1.82) is 0 Å². The first-order valence-electron chi connectivity index (χ1n) is 11.0. The molecule has 0 bridgehead atoms. The lowest BCUT2D eigenvalue weighted by atomic mass is 10.1. The van der Waals surface area contributed by atoms with Gasteiger partial charge >= 0.3 is 0 Å². The molecule has 1 aromatic carbocycles. The third-order valence-electron chi connectivity index (χ3n) is 4.49. The number of amides is 1. The Labute approximate surface area is 193 Å². The minimum absolute atomic E-state index is 0.0292. The van der Waals surface area contributed by atoms with Gasteiger partial charge in [-0.25, -0.2) is 14.6 Å². The van der Waals surface area contributed by atoms with Gasteiger partial charge in [-0.15, -0.1) is 0 Å². The summed E-state index contributed by atoms with van der Waals surface area (Å²) in [6.45, 7) is 12.0. The maximum Gasteiger partial charge on any atom is 0.224 e. The van der Waals surface area contributed by atoms with Gasteiger partial charge in [0.25, 0.3) is 0 Å². The van der Waals surface area contributed by atoms with Crippen molar-refractivity contribution in [2.45, 2.75) is 64.0 Å². The minimum Gasteiger partial charge on any atom is -0.494 e. The fraction of sp³-hybridized carbons (Fsp3) is 0.478. The van der Waals surface area contributed by atoms with Crippen molar-refractivity contribution in [2.24, 2.45) is 0 Å². The van der Waals surface area contributed by atoms with Crippen molar-refractivity contribution in [2.75, 3.05) is 18.5 Å². The van der Waals surface area contributed by atoms with E-state index in [-0.39, 0.29) is 11.9 Å². The zero-order valence-electron chi connectivity index (χ0n) is 19.4. The number of aromatic nitrogens is 4. The lowest BCUT2D eigenvalue weighted by Gasteiger charge is -2.12. The van der Waals surface area contributed by atoms with Gasteiger partial charge in [-0.1, -0.05) is 37.7 Å². The summed E-state index contributed by atoms with van der Waals surface area (Å²) in [6.07, 6.45) is 2.11. The third kappa shape index (κ3) is 6.59. The fourth-order valence-electron chi connectivity index (χ4n) is 3.17. The molecule has 172 valence electrons. The van der Waals surface area contributed by atoms with Gasteiger partial charge in [0.15, 0.2) is 10.8 Å². The van der Waals surface area contributed by atoms with Gasteiger partial charge in [0.05, 0.1) is 31.2 Å². The largest absolute Gasteiger partial charge is 0.494 e. The molecule has 0 unspecified atom stereocenters. The molecule has 2 heterocycles. The highest BCUT2D eigenvalue weighted by atomic mass is 32.2. The predicted molar refractivity (Wildman–Crippen MR) is 129 cm³/mol. The second-order valence-electron chi connectivity index (χ2n) is 8.03. The van der Waals surface area contributed by atoms with Crippen LogP contribution in [0, 0.1) is 0 Å². The topological polar surface area (TPSA) is 94.0 Å². The molecule has 0 aliphatic carbocycles. The monoisotopic (exact) mass is 456 g/mol. The highest BCUT2D eigenvalue weighted by Gasteiger charge is 2.15. The highest BCUT2D eigenvalue weighted by Crippen LogP contribution is 2.26. The van der Waals surface area contributed by atoms with Crippen LogP contribution in [0.5, 0.6) is 5.75 Å². The number of nitrogens with one attached hydrogen (secondary N) is 2. The molecule has 2 N–H and O–H groups in total. The Kier molecular flexibility index (Phi) is 8.33. The van der Waals surface area contributed by atoms with E-state index in [4.69, 9.17) is 9.72 Å². The average molecular weight is 457 g/mol. The number of fused-ring (bicyclic) bond motifs is 1. The molecule has 3 aromatic rings. The van der Waals surface area contributed by atoms with Crippen LogP contribution in [0.2, 0.25) is 0 Å². The minimum atomic E-state index is -0.0292. The van der Waals surface area contributed by atoms with Crippen LogP contribution >= 0.6 is 11.8 Å². The SMILES string of the molecule is CCOc1ccc(CC(=O)NCCn2ncc3c(NC(C)C)nc(SC(C)C)nc32)cc1. The van der Waals surface area contributed by atoms with Crippen LogP contribution in [0.25, 0.3) is 11.0 Å². The number of benzene rings is 1. The zero-order valence-corrected chi connectivity index (χ0v) is 20.2. The molecule has 0 radical (unpaired) electrons. The summed E-state index contributed by atoms with van der Waals surface area (Å²) < 4.78 is 7.26. The molecule has 8 nitrogen and oxygen atoms in total. The van der Waals surface area contributed by atoms with Gasteiger partial charge in [-0.3, -0.25) is 4.79 Å². The average Bonchev–Trinajstić information content (AvgIpc) is 3.12. The first kappa shape index (κ1) is 23.8. The first-order valence-corrected chi connectivity index (χ1v) is 11.9. The lowest BCUT2D eigenvalue weighted by Crippen LogP contribution is -2.28. The van der Waals surface area contributed by atoms with Crippen LogP contribution in [0.15, 0.2) is 35.6 Å². The van der Waals surface area contributed by atoms with E-state index in [0.29, 0.717) is 31.4 Å². The molecule has 0 spiro atoms. The Balaban J connectivity index is 1.64. The fourth-order valence-corrected chi connectivity index (χ4v) is 3.87. The van der Waals surface area contributed by atoms with E-state index in [1.54, 1.807) is 18.0 Å². The smallest absolute Gasteiger partial charge is 0.224 e. The summed E-state index contributed by atoms with van der Waals surface area (Å²) in [7, 11) is 0. The standard InChI is InChI=1S/C23H32N6O2S/c1-6-31-18-9-7-17(8-10-18)13-20(30)24-11-12-29-22-19(14-25-29)21(26-15(2)3)27-23(28-22)32-16(4)5/h7-10,14-16H,6,11-13H2,1-5H3,(H,24,30)(H,26,27,28). The zero-order chi connectivity index (χ0) is 23.1. The van der Waals surface area contributed by atoms with Gasteiger partial charge in [-0.2, -0.15) is 5.10 Å². The van der Waals surface area contributed by atoms with E-state index >= 15 is 0 Å². The van der Waals surface area contributed by atoms with Crippen molar-refractivity contribution in [3.8, 4) is 5.75 Å². The molecule has 2 aromatic heterocycles. The Morgan fingerprint density at radius 3 is 2.56 bits per heavy atom. The molecule has 0 saturated heterocycles. The van der Waals surface area contributed by atoms with E-state index in [9.17, 15) is 4.79 Å². The van der Waals surface area contributed by atoms with Gasteiger partial charge < -0.3 is 15.4 Å². The van der Waals surface area contributed by atoms with Crippen LogP contribution in [0.3, 0.4) is 0 Å². The molecule has 32 heavy (non-hydrogen) atoms. The maximum absolute atomic E-state index is 12.4. The normalized spacial score (nSPS) is 11.3. The number of thioether (sulfide) groups is 1. The van der Waals surface area contributed by atoms with Crippen molar-refractivity contribution in [3.05, 3.63) is 36.0 Å². The number of carbonyl (C=O) groups is 1. The van der Waals surface area contributed by atoms with Crippen LogP contribution in [0.1, 0.15) is 40.2 Å². The first-order chi connectivity index (χ1) is 15.4. The number of ether oxygens (including phenoxy) is 1. The number of nitrogens with zero attached hydrogens (tertiary/aromatic N) is 4. The summed E-state index contributed by atoms with van der Waals surface area (Å²) in [5.41, 5.74) is 1.72. The van der Waals surface area contributed by atoms with E-state index in [0.717, 1.165) is 33.3 Å². The highest BCUT2D eigenvalue weighted by molar-refractivity contribution is 7.99. The number of hydrogen-bond acceptors (Lipinski definition) is 7. The molecule has 0 atom stereocenters. The molecule has 0 saturated carbocycles. The molecule has 1 amide bonds. The summed E-state index contributed by atoms with van der Waals surface area (Å²) in [5.74, 6) is 1.57. The Hall–Kier alpha value is -2.81. The van der Waals surface area contributed by atoms with Gasteiger partial charge in [0.2, 0.25) is 5.91 Å². The van der Waals surface area contributed by atoms with Gasteiger partial charge in [-0.05, 0) is 38.5 Å². The predicted octanol–water partition coefficient (Wildman–Crippen LogP) is 3.90. The third-order valence-corrected chi connectivity index (χ3v) is 5.35. The summed E-state index contributed by atoms with van der Waals surface area (Å²) in [4.78, 5) is 21.8. The van der Waals surface area contributed by atoms with Crippen LogP contribution in [-0.4, -0.2) is 50.1 Å². The van der Waals surface area contributed by atoms with E-state index in [2.05, 4.69) is 48.4 Å². The molecule has 9 heteroatoms. The van der Waals surface area contributed by atoms with Crippen molar-refractivity contribution in [1.82, 2.24) is 25.1 Å². The van der Waals surface area contributed by atoms with Crippen molar-refractivity contribution >= 4 is 34.5 Å². The van der Waals surface area contributed by atoms with E-state index in [1.165, 1.54) is 0 Å². The Morgan fingerprint density at radius 1 is 1.16 bits per heavy atom. The number of hydrogen-bond donors (Lipinski definition) is 2. The second-order valence-corrected chi connectivity index (χ2v) is 9.57. The molecule has 0 fully saturated rings. The van der Waals surface area contributed by atoms with E-state index < -0.39 is 0 Å². The molecule has 3 rings (SSSR count). The van der Waals surface area contributed by atoms with Gasteiger partial charge in [0.1, 0.15) is 11.6 Å². The molecule has 0 aliphatic heterocycles. The summed E-state index contributed by atoms with van der Waals surface area (Å²) in [6, 6.07) is 7.85. The Bertz CT molecular complexity index is 1030. The summed E-state index contributed by atoms with van der Waals surface area (Å²) >= 11 is 1.62. The van der Waals surface area contributed by atoms with Gasteiger partial charge in [0, 0.05) is 17.8 Å². The van der Waals surface area contributed by atoms with Crippen LogP contribution in [0.4, 0.5) is 5.82 Å². The van der Waals surface area contributed by atoms with Crippen molar-refractivity contribution < 1.29 is 9.53 Å². The summed E-state index contributed by atoms with van der Waals surface area (Å²) in [5, 5.41) is 12.8. The second kappa shape index (κ2) is 11.2. The van der Waals surface area contributed by atoms with Crippen LogP contribution < -0.4 is 15.4 Å². The lowest BCUT2D eigenvalue weighted by molar-refractivity contribution is -0.120. The van der Waals surface area contributed by atoms with Crippen LogP contribution in [-0.2, 0) is 17.8 Å². The molecular weight excluding hydrogens is 424 g/mol.